The Morgan fingerprint density at radius 3 is 2.54 bits per heavy atom. The van der Waals surface area contributed by atoms with Crippen molar-refractivity contribution in [1.29, 1.82) is 0 Å². The number of alkyl carbamates (subject to hydrolysis) is 1. The minimum absolute atomic E-state index is 0.215. The lowest BCUT2D eigenvalue weighted by atomic mass is 9.99. The van der Waals surface area contributed by atoms with E-state index in [9.17, 15) is 13.8 Å². The number of amides is 2. The fourth-order valence-electron chi connectivity index (χ4n) is 1.78. The van der Waals surface area contributed by atoms with E-state index in [1.54, 1.807) is 45.2 Å². The van der Waals surface area contributed by atoms with Crippen molar-refractivity contribution < 1.29 is 18.5 Å². The van der Waals surface area contributed by atoms with Crippen molar-refractivity contribution in [3.63, 3.8) is 0 Å². The summed E-state index contributed by atoms with van der Waals surface area (Å²) in [5.74, 6) is -0.941. The molecule has 0 spiro atoms. The van der Waals surface area contributed by atoms with Crippen molar-refractivity contribution in [3.05, 3.63) is 17.5 Å². The third-order valence-electron chi connectivity index (χ3n) is 3.16. The molecular weight excluding hydrogens is 350 g/mol. The summed E-state index contributed by atoms with van der Waals surface area (Å²) in [4.78, 5) is 24.4. The van der Waals surface area contributed by atoms with Crippen LogP contribution in [0.3, 0.4) is 0 Å². The molecule has 1 aromatic rings. The summed E-state index contributed by atoms with van der Waals surface area (Å²) in [6.45, 7) is 8.83. The number of nitrogens with one attached hydrogen (secondary N) is 1. The molecule has 3 atom stereocenters. The molecule has 0 fully saturated rings. The molecule has 0 aromatic carbocycles. The third kappa shape index (κ3) is 6.21. The number of carbonyl (C=O) groups is 2. The molecule has 9 heteroatoms. The van der Waals surface area contributed by atoms with Crippen LogP contribution in [0.1, 0.15) is 41.0 Å². The Kier molecular flexibility index (Phi) is 6.94. The van der Waals surface area contributed by atoms with E-state index in [4.69, 9.17) is 9.88 Å². The zero-order chi connectivity index (χ0) is 18.5. The van der Waals surface area contributed by atoms with Gasteiger partial charge in [0.25, 0.3) is 5.91 Å². The second kappa shape index (κ2) is 8.09. The molecule has 7 nitrogen and oxygen atoms in total. The highest BCUT2D eigenvalue weighted by Crippen LogP contribution is 2.18. The average Bonchev–Trinajstić information content (AvgIpc) is 2.96. The topological polar surface area (TPSA) is 111 Å². The van der Waals surface area contributed by atoms with Gasteiger partial charge >= 0.3 is 6.09 Å². The summed E-state index contributed by atoms with van der Waals surface area (Å²) < 4.78 is 21.6. The Bertz CT molecular complexity index is 686. The van der Waals surface area contributed by atoms with Gasteiger partial charge in [-0.25, -0.2) is 14.1 Å². The molecule has 3 N–H and O–H groups in total. The molecule has 1 rings (SSSR count). The van der Waals surface area contributed by atoms with Crippen molar-refractivity contribution in [2.24, 2.45) is 15.4 Å². The van der Waals surface area contributed by atoms with Gasteiger partial charge < -0.3 is 10.1 Å². The first-order valence-electron chi connectivity index (χ1n) is 7.58. The van der Waals surface area contributed by atoms with E-state index >= 15 is 0 Å². The summed E-state index contributed by atoms with van der Waals surface area (Å²) in [6.07, 6.45) is -0.108. The Morgan fingerprint density at radius 1 is 1.46 bits per heavy atom. The number of thiophene rings is 1. The van der Waals surface area contributed by atoms with Gasteiger partial charge in [0.2, 0.25) is 0 Å². The van der Waals surface area contributed by atoms with Gasteiger partial charge in [-0.05, 0) is 38.1 Å². The molecule has 0 bridgehead atoms. The van der Waals surface area contributed by atoms with Crippen molar-refractivity contribution in [2.75, 3.05) is 0 Å². The van der Waals surface area contributed by atoms with Crippen LogP contribution in [0, 0.1) is 5.92 Å². The molecule has 24 heavy (non-hydrogen) atoms. The number of hydrogen-bond donors (Lipinski definition) is 2. The summed E-state index contributed by atoms with van der Waals surface area (Å²) >= 11 is 1.16. The standard InChI is InChI=1S/C15H25N3O4S2/c1-6-10(2)12(17-14(20)22-15(3,4)5)13(19)18-24(16,21)11-8-7-9-23-11/h7-10,12H,6H2,1-5H3,(H,17,20)(H2,16,18,19,21)/t10-,12-,24?/m0/s1. The zero-order valence-corrected chi connectivity index (χ0v) is 16.2. The maximum absolute atomic E-state index is 12.5. The maximum atomic E-state index is 12.5. The van der Waals surface area contributed by atoms with Crippen LogP contribution < -0.4 is 10.5 Å². The molecule has 0 saturated carbocycles. The molecular formula is C15H25N3O4S2. The predicted octanol–water partition coefficient (Wildman–Crippen LogP) is 2.91. The summed E-state index contributed by atoms with van der Waals surface area (Å²) in [5.41, 5.74) is -0.692. The minimum atomic E-state index is -3.32. The second-order valence-corrected chi connectivity index (χ2v) is 9.41. The van der Waals surface area contributed by atoms with Gasteiger partial charge in [-0.1, -0.05) is 26.3 Å². The Morgan fingerprint density at radius 2 is 2.08 bits per heavy atom. The molecule has 1 heterocycles. The number of hydrogen-bond acceptors (Lipinski definition) is 5. The highest BCUT2D eigenvalue weighted by atomic mass is 32.2. The van der Waals surface area contributed by atoms with Gasteiger partial charge in [0.1, 0.15) is 15.9 Å². The summed E-state index contributed by atoms with van der Waals surface area (Å²) in [6, 6.07) is 2.29. The average molecular weight is 376 g/mol. The number of rotatable bonds is 5. The van der Waals surface area contributed by atoms with Crippen molar-refractivity contribution in [3.8, 4) is 0 Å². The van der Waals surface area contributed by atoms with Gasteiger partial charge in [0, 0.05) is 0 Å². The first-order chi connectivity index (χ1) is 11.0. The van der Waals surface area contributed by atoms with Gasteiger partial charge in [0.15, 0.2) is 9.92 Å². The van der Waals surface area contributed by atoms with Crippen LogP contribution in [0.4, 0.5) is 4.79 Å². The van der Waals surface area contributed by atoms with Crippen molar-refractivity contribution >= 4 is 33.3 Å². The first-order valence-corrected chi connectivity index (χ1v) is 10.0. The van der Waals surface area contributed by atoms with Crippen LogP contribution >= 0.6 is 11.3 Å². The van der Waals surface area contributed by atoms with E-state index in [1.165, 1.54) is 0 Å². The molecule has 0 aliphatic heterocycles. The highest BCUT2D eigenvalue weighted by Gasteiger charge is 2.29. The fraction of sp³-hybridized carbons (Fsp3) is 0.600. The van der Waals surface area contributed by atoms with E-state index in [-0.39, 0.29) is 5.92 Å². The lowest BCUT2D eigenvalue weighted by Crippen LogP contribution is -2.46. The SMILES string of the molecule is CC[C@H](C)[C@H](NC(=O)OC(C)(C)C)C(=O)N=S(N)(=O)c1cccs1. The first kappa shape index (κ1) is 20.6. The quantitative estimate of drug-likeness (QED) is 0.824. The largest absolute Gasteiger partial charge is 0.444 e. The Balaban J connectivity index is 3.02. The number of nitrogens with zero attached hydrogens (tertiary/aromatic N) is 1. The third-order valence-corrected chi connectivity index (χ3v) is 5.99. The Hall–Kier alpha value is -1.45. The number of carbonyl (C=O) groups excluding carboxylic acids is 2. The normalized spacial score (nSPS) is 16.6. The highest BCUT2D eigenvalue weighted by molar-refractivity contribution is 7.93. The van der Waals surface area contributed by atoms with Gasteiger partial charge in [-0.15, -0.1) is 15.7 Å². The van der Waals surface area contributed by atoms with E-state index in [2.05, 4.69) is 9.68 Å². The number of nitrogens with two attached hydrogens (primary N) is 1. The van der Waals surface area contributed by atoms with Crippen LogP contribution in [-0.2, 0) is 19.4 Å². The summed E-state index contributed by atoms with van der Waals surface area (Å²) in [5, 5.41) is 9.91. The number of ether oxygens (including phenoxy) is 1. The van der Waals surface area contributed by atoms with Crippen LogP contribution in [0.25, 0.3) is 0 Å². The van der Waals surface area contributed by atoms with E-state index in [0.717, 1.165) is 11.3 Å². The van der Waals surface area contributed by atoms with Gasteiger partial charge in [-0.3, -0.25) is 4.79 Å². The molecule has 0 aliphatic rings. The van der Waals surface area contributed by atoms with Crippen molar-refractivity contribution in [2.45, 2.75) is 56.9 Å². The van der Waals surface area contributed by atoms with E-state index in [1.807, 2.05) is 6.92 Å². The van der Waals surface area contributed by atoms with Crippen molar-refractivity contribution in [1.82, 2.24) is 5.32 Å². The summed E-state index contributed by atoms with van der Waals surface area (Å²) in [7, 11) is -3.32. The Labute approximate surface area is 147 Å². The minimum Gasteiger partial charge on any atom is -0.444 e. The lowest BCUT2D eigenvalue weighted by Gasteiger charge is -2.25. The molecule has 0 radical (unpaired) electrons. The van der Waals surface area contributed by atoms with Gasteiger partial charge in [-0.2, -0.15) is 0 Å². The lowest BCUT2D eigenvalue weighted by molar-refractivity contribution is -0.120. The molecule has 0 aliphatic carbocycles. The van der Waals surface area contributed by atoms with Gasteiger partial charge in [0.05, 0.1) is 0 Å². The maximum Gasteiger partial charge on any atom is 0.408 e. The molecule has 1 aromatic heterocycles. The second-order valence-electron chi connectivity index (χ2n) is 6.44. The van der Waals surface area contributed by atoms with Crippen LogP contribution in [0.5, 0.6) is 0 Å². The monoisotopic (exact) mass is 375 g/mol. The van der Waals surface area contributed by atoms with Crippen LogP contribution in [-0.4, -0.2) is 27.9 Å². The van der Waals surface area contributed by atoms with E-state index in [0.29, 0.717) is 10.6 Å². The smallest absolute Gasteiger partial charge is 0.408 e. The predicted molar refractivity (Wildman–Crippen MR) is 95.0 cm³/mol. The fourth-order valence-corrected chi connectivity index (χ4v) is 3.81. The molecule has 136 valence electrons. The molecule has 0 saturated heterocycles. The van der Waals surface area contributed by atoms with Crippen LogP contribution in [0.15, 0.2) is 26.1 Å². The zero-order valence-electron chi connectivity index (χ0n) is 14.6. The molecule has 2 amide bonds. The molecule has 1 unspecified atom stereocenters. The van der Waals surface area contributed by atoms with E-state index < -0.39 is 33.6 Å². The van der Waals surface area contributed by atoms with Crippen LogP contribution in [0.2, 0.25) is 0 Å².